The van der Waals surface area contributed by atoms with Gasteiger partial charge in [0.15, 0.2) is 0 Å². The summed E-state index contributed by atoms with van der Waals surface area (Å²) in [5.74, 6) is 0.500. The van der Waals surface area contributed by atoms with Crippen LogP contribution in [0.3, 0.4) is 0 Å². The van der Waals surface area contributed by atoms with Gasteiger partial charge in [-0.15, -0.1) is 0 Å². The van der Waals surface area contributed by atoms with Gasteiger partial charge in [0.1, 0.15) is 0 Å². The number of hydrogen-bond donors (Lipinski definition) is 2. The van der Waals surface area contributed by atoms with Crippen LogP contribution in [0.4, 0.5) is 0 Å². The number of nitrogens with two attached hydrogens (primary N) is 2. The van der Waals surface area contributed by atoms with Crippen LogP contribution in [-0.2, 0) is 6.54 Å². The Hall–Kier alpha value is -0.970. The van der Waals surface area contributed by atoms with Crippen LogP contribution in [0.5, 0.6) is 0 Å². The summed E-state index contributed by atoms with van der Waals surface area (Å²) in [5, 5.41) is 0. The van der Waals surface area contributed by atoms with Crippen molar-refractivity contribution in [3.05, 3.63) is 29.6 Å². The van der Waals surface area contributed by atoms with Crippen LogP contribution in [0.15, 0.2) is 18.3 Å². The van der Waals surface area contributed by atoms with Crippen molar-refractivity contribution >= 4 is 0 Å². The molecule has 0 saturated carbocycles. The third-order valence-corrected chi connectivity index (χ3v) is 3.40. The lowest BCUT2D eigenvalue weighted by Gasteiger charge is -2.25. The van der Waals surface area contributed by atoms with E-state index in [2.05, 4.69) is 36.7 Å². The van der Waals surface area contributed by atoms with E-state index < -0.39 is 0 Å². The zero-order chi connectivity index (χ0) is 15.0. The summed E-state index contributed by atoms with van der Waals surface area (Å²) < 4.78 is 0. The van der Waals surface area contributed by atoms with Crippen molar-refractivity contribution in [2.75, 3.05) is 19.6 Å². The summed E-state index contributed by atoms with van der Waals surface area (Å²) in [4.78, 5) is 6.97. The van der Waals surface area contributed by atoms with Crippen molar-refractivity contribution in [3.63, 3.8) is 0 Å². The Balaban J connectivity index is 2.72. The second-order valence-electron chi connectivity index (χ2n) is 5.90. The molecule has 114 valence electrons. The highest BCUT2D eigenvalue weighted by Gasteiger charge is 2.13. The standard InChI is InChI=1S/C16H30N4/c1-13(2)15-7-6-9-19-16(15)12-20(11-14(3)18)10-5-4-8-17/h6-7,9,13-14H,4-5,8,10-12,17-18H2,1-3H3. The predicted octanol–water partition coefficient (Wildman–Crippen LogP) is 2.09. The van der Waals surface area contributed by atoms with Gasteiger partial charge >= 0.3 is 0 Å². The van der Waals surface area contributed by atoms with E-state index >= 15 is 0 Å². The predicted molar refractivity (Wildman–Crippen MR) is 85.5 cm³/mol. The number of unbranched alkanes of at least 4 members (excludes halogenated alkanes) is 1. The lowest BCUT2D eigenvalue weighted by Crippen LogP contribution is -2.36. The molecule has 0 radical (unpaired) electrons. The zero-order valence-electron chi connectivity index (χ0n) is 13.2. The smallest absolute Gasteiger partial charge is 0.0578 e. The van der Waals surface area contributed by atoms with E-state index in [9.17, 15) is 0 Å². The summed E-state index contributed by atoms with van der Waals surface area (Å²) >= 11 is 0. The fraction of sp³-hybridized carbons (Fsp3) is 0.688. The first-order valence-electron chi connectivity index (χ1n) is 7.66. The summed E-state index contributed by atoms with van der Waals surface area (Å²) in [7, 11) is 0. The number of hydrogen-bond acceptors (Lipinski definition) is 4. The van der Waals surface area contributed by atoms with Crippen LogP contribution < -0.4 is 11.5 Å². The highest BCUT2D eigenvalue weighted by Crippen LogP contribution is 2.18. The topological polar surface area (TPSA) is 68.2 Å². The van der Waals surface area contributed by atoms with Crippen molar-refractivity contribution in [2.45, 2.75) is 52.1 Å². The van der Waals surface area contributed by atoms with E-state index in [0.29, 0.717) is 5.92 Å². The molecule has 0 amide bonds. The normalized spacial score (nSPS) is 13.2. The monoisotopic (exact) mass is 278 g/mol. The Kier molecular flexibility index (Phi) is 7.73. The fourth-order valence-electron chi connectivity index (χ4n) is 2.44. The number of nitrogens with zero attached hydrogens (tertiary/aromatic N) is 2. The molecule has 0 aliphatic carbocycles. The minimum Gasteiger partial charge on any atom is -0.330 e. The minimum atomic E-state index is 0.180. The molecule has 1 aromatic rings. The summed E-state index contributed by atoms with van der Waals surface area (Å²) in [6, 6.07) is 4.37. The number of aromatic nitrogens is 1. The van der Waals surface area contributed by atoms with Gasteiger partial charge < -0.3 is 11.5 Å². The molecule has 4 heteroatoms. The van der Waals surface area contributed by atoms with Crippen molar-refractivity contribution in [1.82, 2.24) is 9.88 Å². The fourth-order valence-corrected chi connectivity index (χ4v) is 2.44. The lowest BCUT2D eigenvalue weighted by atomic mass is 10.0. The van der Waals surface area contributed by atoms with Crippen LogP contribution in [-0.4, -0.2) is 35.6 Å². The van der Waals surface area contributed by atoms with Crippen molar-refractivity contribution < 1.29 is 0 Å². The molecule has 1 aromatic heterocycles. The third kappa shape index (κ3) is 5.99. The molecule has 0 aliphatic rings. The molecule has 0 aliphatic heterocycles. The van der Waals surface area contributed by atoms with Gasteiger partial charge in [-0.3, -0.25) is 9.88 Å². The van der Waals surface area contributed by atoms with E-state index in [4.69, 9.17) is 11.5 Å². The van der Waals surface area contributed by atoms with Gasteiger partial charge in [0.05, 0.1) is 5.69 Å². The number of pyridine rings is 1. The Morgan fingerprint density at radius 2 is 2.00 bits per heavy atom. The van der Waals surface area contributed by atoms with Gasteiger partial charge in [0.25, 0.3) is 0 Å². The molecule has 1 atom stereocenters. The van der Waals surface area contributed by atoms with E-state index in [-0.39, 0.29) is 6.04 Å². The van der Waals surface area contributed by atoms with Crippen LogP contribution >= 0.6 is 0 Å². The number of rotatable bonds is 9. The molecule has 1 rings (SSSR count). The lowest BCUT2D eigenvalue weighted by molar-refractivity contribution is 0.244. The Bertz CT molecular complexity index is 376. The molecule has 0 spiro atoms. The maximum Gasteiger partial charge on any atom is 0.0578 e. The molecular weight excluding hydrogens is 248 g/mol. The van der Waals surface area contributed by atoms with Crippen molar-refractivity contribution in [2.24, 2.45) is 11.5 Å². The first-order chi connectivity index (χ1) is 9.54. The van der Waals surface area contributed by atoms with Crippen LogP contribution in [0.2, 0.25) is 0 Å². The van der Waals surface area contributed by atoms with Crippen LogP contribution in [0, 0.1) is 0 Å². The highest BCUT2D eigenvalue weighted by atomic mass is 15.1. The van der Waals surface area contributed by atoms with E-state index in [1.807, 2.05) is 12.3 Å². The van der Waals surface area contributed by atoms with Crippen LogP contribution in [0.25, 0.3) is 0 Å². The van der Waals surface area contributed by atoms with E-state index in [1.54, 1.807) is 0 Å². The molecule has 0 fully saturated rings. The minimum absolute atomic E-state index is 0.180. The van der Waals surface area contributed by atoms with Crippen LogP contribution in [0.1, 0.15) is 50.8 Å². The Morgan fingerprint density at radius 3 is 2.60 bits per heavy atom. The maximum atomic E-state index is 5.96. The molecule has 1 unspecified atom stereocenters. The summed E-state index contributed by atoms with van der Waals surface area (Å²) in [6.45, 7) is 10.0. The van der Waals surface area contributed by atoms with Crippen molar-refractivity contribution in [1.29, 1.82) is 0 Å². The molecule has 1 heterocycles. The second-order valence-corrected chi connectivity index (χ2v) is 5.90. The first kappa shape index (κ1) is 17.1. The molecule has 0 saturated heterocycles. The molecule has 4 N–H and O–H groups in total. The molecule has 0 bridgehead atoms. The molecule has 20 heavy (non-hydrogen) atoms. The molecule has 0 aromatic carbocycles. The average Bonchev–Trinajstić information content (AvgIpc) is 2.38. The van der Waals surface area contributed by atoms with E-state index in [1.165, 1.54) is 11.3 Å². The SMILES string of the molecule is CC(N)CN(CCCCN)Cc1ncccc1C(C)C. The van der Waals surface area contributed by atoms with Gasteiger partial charge in [0.2, 0.25) is 0 Å². The van der Waals surface area contributed by atoms with E-state index in [0.717, 1.165) is 39.0 Å². The first-order valence-corrected chi connectivity index (χ1v) is 7.66. The van der Waals surface area contributed by atoms with Gasteiger partial charge in [-0.2, -0.15) is 0 Å². The van der Waals surface area contributed by atoms with Gasteiger partial charge in [-0.25, -0.2) is 0 Å². The Morgan fingerprint density at radius 1 is 1.25 bits per heavy atom. The average molecular weight is 278 g/mol. The Labute approximate surface area is 123 Å². The quantitative estimate of drug-likeness (QED) is 0.679. The molecule has 4 nitrogen and oxygen atoms in total. The van der Waals surface area contributed by atoms with Crippen molar-refractivity contribution in [3.8, 4) is 0 Å². The second kappa shape index (κ2) is 9.06. The summed E-state index contributed by atoms with van der Waals surface area (Å²) in [5.41, 5.74) is 14.1. The van der Waals surface area contributed by atoms with Gasteiger partial charge in [-0.1, -0.05) is 19.9 Å². The zero-order valence-corrected chi connectivity index (χ0v) is 13.2. The molecular formula is C16H30N4. The highest BCUT2D eigenvalue weighted by molar-refractivity contribution is 5.23. The third-order valence-electron chi connectivity index (χ3n) is 3.40. The summed E-state index contributed by atoms with van der Waals surface area (Å²) in [6.07, 6.45) is 4.06. The van der Waals surface area contributed by atoms with Gasteiger partial charge in [0, 0.05) is 25.3 Å². The maximum absolute atomic E-state index is 5.96. The van der Waals surface area contributed by atoms with Gasteiger partial charge in [-0.05, 0) is 50.4 Å². The largest absolute Gasteiger partial charge is 0.330 e.